The van der Waals surface area contributed by atoms with Gasteiger partial charge in [0.05, 0.1) is 6.54 Å². The van der Waals surface area contributed by atoms with E-state index in [9.17, 15) is 4.39 Å². The lowest BCUT2D eigenvalue weighted by Crippen LogP contribution is -2.42. The van der Waals surface area contributed by atoms with Gasteiger partial charge in [0.15, 0.2) is 5.96 Å². The normalized spacial score (nSPS) is 17.0. The number of aliphatic imine (C=N–C) groups is 1. The predicted molar refractivity (Wildman–Crippen MR) is 75.6 cm³/mol. The number of benzene rings is 1. The summed E-state index contributed by atoms with van der Waals surface area (Å²) < 4.78 is 13.5. The van der Waals surface area contributed by atoms with E-state index in [4.69, 9.17) is 17.3 Å². The molecule has 0 saturated carbocycles. The van der Waals surface area contributed by atoms with Crippen molar-refractivity contribution in [1.29, 1.82) is 0 Å². The third-order valence-corrected chi connectivity index (χ3v) is 3.94. The van der Waals surface area contributed by atoms with Crippen LogP contribution in [-0.2, 0) is 6.54 Å². The zero-order chi connectivity index (χ0) is 13.0. The van der Waals surface area contributed by atoms with E-state index in [2.05, 4.69) is 4.99 Å². The van der Waals surface area contributed by atoms with E-state index < -0.39 is 0 Å². The molecule has 0 radical (unpaired) electrons. The molecule has 0 bridgehead atoms. The summed E-state index contributed by atoms with van der Waals surface area (Å²) >= 11 is 7.60. The van der Waals surface area contributed by atoms with Crippen molar-refractivity contribution >= 4 is 29.3 Å². The number of nitrogens with two attached hydrogens (primary N) is 1. The third kappa shape index (κ3) is 3.53. The second-order valence-electron chi connectivity index (χ2n) is 4.01. The number of thioether (sulfide) groups is 1. The topological polar surface area (TPSA) is 41.6 Å². The lowest BCUT2D eigenvalue weighted by molar-refractivity contribution is 0.455. The van der Waals surface area contributed by atoms with Crippen molar-refractivity contribution in [1.82, 2.24) is 4.90 Å². The second kappa shape index (κ2) is 6.29. The van der Waals surface area contributed by atoms with Crippen molar-refractivity contribution in [2.45, 2.75) is 6.54 Å². The van der Waals surface area contributed by atoms with Gasteiger partial charge >= 0.3 is 0 Å². The first-order chi connectivity index (χ1) is 8.66. The molecule has 1 aromatic rings. The molecule has 0 spiro atoms. The lowest BCUT2D eigenvalue weighted by Gasteiger charge is -2.27. The van der Waals surface area contributed by atoms with E-state index in [1.165, 1.54) is 6.07 Å². The molecule has 1 saturated heterocycles. The summed E-state index contributed by atoms with van der Waals surface area (Å²) in [5.74, 6) is 2.27. The molecule has 98 valence electrons. The summed E-state index contributed by atoms with van der Waals surface area (Å²) in [4.78, 5) is 6.27. The molecule has 2 N–H and O–H groups in total. The standard InChI is InChI=1S/C12H15ClFN3S/c13-10-2-1-9(11(14)7-10)8-16-12(15)17-3-5-18-6-4-17/h1-2,7H,3-6,8H2,(H2,15,16). The van der Waals surface area contributed by atoms with Gasteiger partial charge in [0.2, 0.25) is 0 Å². The second-order valence-corrected chi connectivity index (χ2v) is 5.67. The Morgan fingerprint density at radius 2 is 2.17 bits per heavy atom. The molecule has 1 aliphatic heterocycles. The molecular formula is C12H15ClFN3S. The number of hydrogen-bond donors (Lipinski definition) is 1. The van der Waals surface area contributed by atoms with Gasteiger partial charge < -0.3 is 10.6 Å². The Labute approximate surface area is 115 Å². The van der Waals surface area contributed by atoms with Crippen LogP contribution in [0.1, 0.15) is 5.56 Å². The summed E-state index contributed by atoms with van der Waals surface area (Å²) in [5, 5.41) is 0.390. The molecule has 1 fully saturated rings. The van der Waals surface area contributed by atoms with E-state index in [0.29, 0.717) is 16.5 Å². The Morgan fingerprint density at radius 3 is 2.83 bits per heavy atom. The van der Waals surface area contributed by atoms with Gasteiger partial charge in [-0.2, -0.15) is 11.8 Å². The third-order valence-electron chi connectivity index (χ3n) is 2.76. The molecular weight excluding hydrogens is 273 g/mol. The summed E-state index contributed by atoms with van der Waals surface area (Å²) in [5.41, 5.74) is 6.40. The Bertz CT molecular complexity index is 447. The maximum absolute atomic E-state index is 13.5. The highest BCUT2D eigenvalue weighted by molar-refractivity contribution is 7.99. The van der Waals surface area contributed by atoms with Crippen LogP contribution in [-0.4, -0.2) is 35.5 Å². The SMILES string of the molecule is NC(=NCc1ccc(Cl)cc1F)N1CCSCC1. The molecule has 1 aliphatic rings. The average Bonchev–Trinajstić information content (AvgIpc) is 2.38. The zero-order valence-electron chi connectivity index (χ0n) is 9.90. The summed E-state index contributed by atoms with van der Waals surface area (Å²) in [7, 11) is 0. The maximum atomic E-state index is 13.5. The van der Waals surface area contributed by atoms with Crippen LogP contribution in [0.2, 0.25) is 5.02 Å². The van der Waals surface area contributed by atoms with E-state index >= 15 is 0 Å². The summed E-state index contributed by atoms with van der Waals surface area (Å²) in [6.45, 7) is 2.06. The van der Waals surface area contributed by atoms with Crippen LogP contribution in [0, 0.1) is 5.82 Å². The predicted octanol–water partition coefficient (Wildman–Crippen LogP) is 2.34. The van der Waals surface area contributed by atoms with Crippen LogP contribution in [0.5, 0.6) is 0 Å². The average molecular weight is 288 g/mol. The van der Waals surface area contributed by atoms with E-state index in [1.54, 1.807) is 12.1 Å². The first-order valence-corrected chi connectivity index (χ1v) is 7.26. The van der Waals surface area contributed by atoms with Crippen molar-refractivity contribution in [3.8, 4) is 0 Å². The molecule has 0 atom stereocenters. The van der Waals surface area contributed by atoms with Crippen LogP contribution in [0.25, 0.3) is 0 Å². The van der Waals surface area contributed by atoms with Crippen LogP contribution >= 0.6 is 23.4 Å². The molecule has 18 heavy (non-hydrogen) atoms. The van der Waals surface area contributed by atoms with Crippen LogP contribution in [0.4, 0.5) is 4.39 Å². The fourth-order valence-corrected chi connectivity index (χ4v) is 2.77. The van der Waals surface area contributed by atoms with Gasteiger partial charge in [-0.1, -0.05) is 17.7 Å². The van der Waals surface area contributed by atoms with Gasteiger partial charge in [0.1, 0.15) is 5.82 Å². The Hall–Kier alpha value is -0.940. The van der Waals surface area contributed by atoms with Crippen LogP contribution in [0.15, 0.2) is 23.2 Å². The minimum absolute atomic E-state index is 0.248. The minimum Gasteiger partial charge on any atom is -0.370 e. The van der Waals surface area contributed by atoms with Gasteiger partial charge in [0, 0.05) is 35.2 Å². The van der Waals surface area contributed by atoms with Crippen molar-refractivity contribution in [2.24, 2.45) is 10.7 Å². The number of guanidine groups is 1. The highest BCUT2D eigenvalue weighted by Gasteiger charge is 2.12. The fourth-order valence-electron chi connectivity index (χ4n) is 1.71. The van der Waals surface area contributed by atoms with Gasteiger partial charge in [-0.15, -0.1) is 0 Å². The zero-order valence-corrected chi connectivity index (χ0v) is 11.5. The maximum Gasteiger partial charge on any atom is 0.191 e. The Morgan fingerprint density at radius 1 is 1.44 bits per heavy atom. The van der Waals surface area contributed by atoms with Crippen molar-refractivity contribution in [2.75, 3.05) is 24.6 Å². The van der Waals surface area contributed by atoms with Gasteiger partial charge in [-0.05, 0) is 12.1 Å². The molecule has 2 rings (SSSR count). The minimum atomic E-state index is -0.340. The quantitative estimate of drug-likeness (QED) is 0.671. The van der Waals surface area contributed by atoms with E-state index in [0.717, 1.165) is 24.6 Å². The number of hydrogen-bond acceptors (Lipinski definition) is 2. The number of nitrogens with zero attached hydrogens (tertiary/aromatic N) is 2. The van der Waals surface area contributed by atoms with Gasteiger partial charge in [0.25, 0.3) is 0 Å². The molecule has 1 aromatic carbocycles. The fraction of sp³-hybridized carbons (Fsp3) is 0.417. The monoisotopic (exact) mass is 287 g/mol. The van der Waals surface area contributed by atoms with Crippen molar-refractivity contribution in [3.63, 3.8) is 0 Å². The molecule has 0 amide bonds. The molecule has 3 nitrogen and oxygen atoms in total. The molecule has 0 unspecified atom stereocenters. The first kappa shape index (κ1) is 13.5. The van der Waals surface area contributed by atoms with Gasteiger partial charge in [-0.3, -0.25) is 0 Å². The molecule has 1 heterocycles. The summed E-state index contributed by atoms with van der Waals surface area (Å²) in [6, 6.07) is 4.59. The van der Waals surface area contributed by atoms with Gasteiger partial charge in [-0.25, -0.2) is 9.38 Å². The highest BCUT2D eigenvalue weighted by Crippen LogP contribution is 2.15. The van der Waals surface area contributed by atoms with Crippen molar-refractivity contribution in [3.05, 3.63) is 34.6 Å². The Balaban J connectivity index is 2.00. The highest BCUT2D eigenvalue weighted by atomic mass is 35.5. The molecule has 0 aromatic heterocycles. The Kier molecular flexibility index (Phi) is 4.72. The smallest absolute Gasteiger partial charge is 0.191 e. The van der Waals surface area contributed by atoms with Crippen LogP contribution in [0.3, 0.4) is 0 Å². The summed E-state index contributed by atoms with van der Waals surface area (Å²) in [6.07, 6.45) is 0. The lowest BCUT2D eigenvalue weighted by atomic mass is 10.2. The van der Waals surface area contributed by atoms with E-state index in [1.807, 2.05) is 16.7 Å². The first-order valence-electron chi connectivity index (χ1n) is 5.73. The van der Waals surface area contributed by atoms with Crippen molar-refractivity contribution < 1.29 is 4.39 Å². The molecule has 0 aliphatic carbocycles. The largest absolute Gasteiger partial charge is 0.370 e. The van der Waals surface area contributed by atoms with Crippen LogP contribution < -0.4 is 5.73 Å². The molecule has 6 heteroatoms. The number of rotatable bonds is 2. The number of halogens is 2. The van der Waals surface area contributed by atoms with E-state index in [-0.39, 0.29) is 12.4 Å².